The molecule has 182 valence electrons. The fourth-order valence-corrected chi connectivity index (χ4v) is 4.73. The molecule has 0 radical (unpaired) electrons. The average Bonchev–Trinajstić information content (AvgIpc) is 2.84. The van der Waals surface area contributed by atoms with Gasteiger partial charge in [0, 0.05) is 12.5 Å². The van der Waals surface area contributed by atoms with Crippen LogP contribution in [-0.2, 0) is 6.54 Å². The Balaban J connectivity index is 1.47. The summed E-state index contributed by atoms with van der Waals surface area (Å²) in [4.78, 5) is 0. The first-order valence-electron chi connectivity index (χ1n) is 12.5. The van der Waals surface area contributed by atoms with Crippen molar-refractivity contribution in [3.63, 3.8) is 0 Å². The highest BCUT2D eigenvalue weighted by Crippen LogP contribution is 2.31. The van der Waals surface area contributed by atoms with Crippen molar-refractivity contribution in [2.75, 3.05) is 26.0 Å². The van der Waals surface area contributed by atoms with E-state index in [2.05, 4.69) is 68.3 Å². The van der Waals surface area contributed by atoms with Gasteiger partial charge in [-0.3, -0.25) is 0 Å². The van der Waals surface area contributed by atoms with Crippen molar-refractivity contribution < 1.29 is 9.13 Å². The van der Waals surface area contributed by atoms with Crippen molar-refractivity contribution in [1.29, 1.82) is 0 Å². The number of nitrogens with one attached hydrogen (secondary N) is 1. The summed E-state index contributed by atoms with van der Waals surface area (Å²) in [7, 11) is 1.04. The average molecular weight is 480 g/mol. The monoisotopic (exact) mass is 479 g/mol. The fraction of sp³-hybridized carbons (Fsp3) is 0.400. The molecule has 2 atom stereocenters. The molecule has 2 unspecified atom stereocenters. The zero-order valence-electron chi connectivity index (χ0n) is 20.9. The van der Waals surface area contributed by atoms with Gasteiger partial charge in [-0.2, -0.15) is 0 Å². The van der Waals surface area contributed by atoms with Crippen molar-refractivity contribution in [1.82, 2.24) is 5.32 Å². The van der Waals surface area contributed by atoms with Gasteiger partial charge in [0.25, 0.3) is 0 Å². The molecule has 3 aromatic carbocycles. The Morgan fingerprint density at radius 3 is 2.41 bits per heavy atom. The van der Waals surface area contributed by atoms with E-state index < -0.39 is 0 Å². The zero-order chi connectivity index (χ0) is 24.2. The molecule has 0 aliphatic carbocycles. The van der Waals surface area contributed by atoms with Gasteiger partial charge in [-0.25, -0.2) is 4.39 Å². The van der Waals surface area contributed by atoms with Crippen LogP contribution < -0.4 is 10.1 Å². The molecule has 2 nitrogen and oxygen atoms in total. The zero-order valence-corrected chi connectivity index (χ0v) is 21.9. The first-order valence-corrected chi connectivity index (χ1v) is 14.2. The summed E-state index contributed by atoms with van der Waals surface area (Å²) in [6.45, 7) is 9.21. The van der Waals surface area contributed by atoms with Crippen LogP contribution in [0.5, 0.6) is 5.75 Å². The molecule has 0 saturated carbocycles. The maximum absolute atomic E-state index is 13.9. The minimum atomic E-state index is -0.172. The third-order valence-electron chi connectivity index (χ3n) is 6.37. The molecule has 0 aliphatic rings. The topological polar surface area (TPSA) is 21.3 Å². The molecule has 0 aliphatic heterocycles. The number of unbranched alkanes of at least 4 members (excludes halogenated alkanes) is 1. The summed E-state index contributed by atoms with van der Waals surface area (Å²) < 4.78 is 19.9. The molecule has 0 saturated heterocycles. The molecular weight excluding hydrogens is 440 g/mol. The van der Waals surface area contributed by atoms with Crippen LogP contribution in [0.3, 0.4) is 0 Å². The quantitative estimate of drug-likeness (QED) is 0.190. The number of benzene rings is 3. The van der Waals surface area contributed by atoms with Crippen LogP contribution in [0.4, 0.5) is 4.39 Å². The number of hydrogen-bond donors (Lipinski definition) is 1. The number of ether oxygens (including phenoxy) is 1. The van der Waals surface area contributed by atoms with Gasteiger partial charge in [-0.15, -0.1) is 8.58 Å². The highest BCUT2D eigenvalue weighted by atomic mass is 31.1. The molecule has 0 heterocycles. The summed E-state index contributed by atoms with van der Waals surface area (Å²) in [5, 5.41) is 3.50. The lowest BCUT2D eigenvalue weighted by atomic mass is 9.86. The van der Waals surface area contributed by atoms with E-state index in [1.807, 2.05) is 12.1 Å². The lowest BCUT2D eigenvalue weighted by molar-refractivity contribution is 0.304. The van der Waals surface area contributed by atoms with Gasteiger partial charge in [-0.1, -0.05) is 42.5 Å². The number of hydrogen-bond acceptors (Lipinski definition) is 2. The predicted molar refractivity (Wildman–Crippen MR) is 145 cm³/mol. The van der Waals surface area contributed by atoms with E-state index in [0.29, 0.717) is 6.61 Å². The second kappa shape index (κ2) is 14.2. The van der Waals surface area contributed by atoms with Crippen molar-refractivity contribution in [2.24, 2.45) is 0 Å². The van der Waals surface area contributed by atoms with Crippen LogP contribution in [0.25, 0.3) is 0 Å². The number of halogens is 1. The molecule has 4 heteroatoms. The lowest BCUT2D eigenvalue weighted by Gasteiger charge is -2.19. The van der Waals surface area contributed by atoms with Crippen LogP contribution >= 0.6 is 8.58 Å². The largest absolute Gasteiger partial charge is 0.494 e. The van der Waals surface area contributed by atoms with E-state index in [-0.39, 0.29) is 11.7 Å². The second-order valence-corrected chi connectivity index (χ2v) is 10.3. The summed E-state index contributed by atoms with van der Waals surface area (Å²) in [5.41, 5.74) is 6.16. The van der Waals surface area contributed by atoms with E-state index >= 15 is 0 Å². The third-order valence-corrected chi connectivity index (χ3v) is 7.23. The normalized spacial score (nSPS) is 12.4. The predicted octanol–water partition coefficient (Wildman–Crippen LogP) is 7.61. The van der Waals surface area contributed by atoms with Crippen LogP contribution in [-0.4, -0.2) is 26.0 Å². The van der Waals surface area contributed by atoms with Crippen molar-refractivity contribution in [3.8, 4) is 5.75 Å². The van der Waals surface area contributed by atoms with Gasteiger partial charge < -0.3 is 10.1 Å². The Morgan fingerprint density at radius 2 is 1.68 bits per heavy atom. The molecule has 3 rings (SSSR count). The summed E-state index contributed by atoms with van der Waals surface area (Å²) in [6, 6.07) is 22.1. The Labute approximate surface area is 207 Å². The van der Waals surface area contributed by atoms with Gasteiger partial charge in [0.2, 0.25) is 0 Å². The lowest BCUT2D eigenvalue weighted by Crippen LogP contribution is -2.15. The Morgan fingerprint density at radius 1 is 0.882 bits per heavy atom. The summed E-state index contributed by atoms with van der Waals surface area (Å²) >= 11 is 0. The van der Waals surface area contributed by atoms with Gasteiger partial charge in [0.15, 0.2) is 0 Å². The van der Waals surface area contributed by atoms with Crippen LogP contribution in [0.1, 0.15) is 59.4 Å². The second-order valence-electron chi connectivity index (χ2n) is 9.07. The van der Waals surface area contributed by atoms with Crippen LogP contribution in [0.15, 0.2) is 66.7 Å². The standard InChI is InChI=1S/C30H39FNOP/c1-23-11-14-27(20-24(23)2)30(26-8-6-9-28(31)21-26)10-4-5-18-33-29-15-12-25(13-16-29)22-32-17-7-19-34-3/h6,8-9,11-16,20-21,30,32,34H,4-5,7,10,17-19,22H2,1-3H3. The number of rotatable bonds is 14. The van der Waals surface area contributed by atoms with Crippen LogP contribution in [0.2, 0.25) is 0 Å². The fourth-order valence-electron chi connectivity index (χ4n) is 4.20. The van der Waals surface area contributed by atoms with Crippen LogP contribution in [0, 0.1) is 19.7 Å². The maximum Gasteiger partial charge on any atom is 0.123 e. The molecule has 0 fully saturated rings. The highest BCUT2D eigenvalue weighted by Gasteiger charge is 2.15. The Hall–Kier alpha value is -2.22. The molecule has 0 bridgehead atoms. The molecule has 0 amide bonds. The smallest absolute Gasteiger partial charge is 0.123 e. The Bertz CT molecular complexity index is 1000. The van der Waals surface area contributed by atoms with Crippen molar-refractivity contribution in [3.05, 3.63) is 100 Å². The SMILES string of the molecule is CPCCCNCc1ccc(OCCCCC(c2cccc(F)c2)c2ccc(C)c(C)c2)cc1. The van der Waals surface area contributed by atoms with E-state index in [0.717, 1.165) is 52.2 Å². The van der Waals surface area contributed by atoms with E-state index in [4.69, 9.17) is 4.74 Å². The molecule has 34 heavy (non-hydrogen) atoms. The summed E-state index contributed by atoms with van der Waals surface area (Å²) in [5.74, 6) is 0.945. The van der Waals surface area contributed by atoms with Gasteiger partial charge >= 0.3 is 0 Å². The van der Waals surface area contributed by atoms with Gasteiger partial charge in [0.1, 0.15) is 11.6 Å². The highest BCUT2D eigenvalue weighted by molar-refractivity contribution is 7.36. The minimum absolute atomic E-state index is 0.172. The third kappa shape index (κ3) is 8.53. The van der Waals surface area contributed by atoms with Crippen molar-refractivity contribution in [2.45, 2.75) is 52.0 Å². The Kier molecular flexibility index (Phi) is 11.1. The molecule has 0 aromatic heterocycles. The first-order chi connectivity index (χ1) is 16.6. The van der Waals surface area contributed by atoms with Gasteiger partial charge in [-0.05, 0) is 111 Å². The maximum atomic E-state index is 13.9. The molecule has 0 spiro atoms. The van der Waals surface area contributed by atoms with E-state index in [1.165, 1.54) is 40.9 Å². The van der Waals surface area contributed by atoms with Crippen molar-refractivity contribution >= 4 is 8.58 Å². The molecular formula is C30H39FNOP. The molecule has 1 N–H and O–H groups in total. The van der Waals surface area contributed by atoms with E-state index in [9.17, 15) is 4.39 Å². The van der Waals surface area contributed by atoms with Gasteiger partial charge in [0.05, 0.1) is 6.61 Å². The molecule has 3 aromatic rings. The first kappa shape index (κ1) is 26.4. The van der Waals surface area contributed by atoms with E-state index in [1.54, 1.807) is 6.07 Å². The number of aryl methyl sites for hydroxylation is 2. The minimum Gasteiger partial charge on any atom is -0.494 e. The summed E-state index contributed by atoms with van der Waals surface area (Å²) in [6.07, 6.45) is 5.53.